The predicted molar refractivity (Wildman–Crippen MR) is 64.6 cm³/mol. The molecule has 0 bridgehead atoms. The molecule has 5 nitrogen and oxygen atoms in total. The number of aromatic carboxylic acids is 1. The lowest BCUT2D eigenvalue weighted by atomic mass is 9.88. The van der Waals surface area contributed by atoms with Gasteiger partial charge in [0.1, 0.15) is 0 Å². The van der Waals surface area contributed by atoms with Crippen LogP contribution in [0.2, 0.25) is 0 Å². The third kappa shape index (κ3) is 2.77. The van der Waals surface area contributed by atoms with Gasteiger partial charge in [0, 0.05) is 12.0 Å². The molecule has 1 aromatic carbocycles. The Balaban J connectivity index is 2.20. The highest BCUT2D eigenvalue weighted by Crippen LogP contribution is 2.25. The number of carbonyl (C=O) groups excluding carboxylic acids is 1. The minimum absolute atomic E-state index is 0.211. The lowest BCUT2D eigenvalue weighted by Gasteiger charge is -2.38. The number of halogens is 2. The van der Waals surface area contributed by atoms with Gasteiger partial charge in [-0.05, 0) is 12.1 Å². The van der Waals surface area contributed by atoms with Crippen LogP contribution >= 0.6 is 0 Å². The van der Waals surface area contributed by atoms with E-state index in [2.05, 4.69) is 5.32 Å². The SMILES string of the molecule is CC1(CNC(=O)c2cc(F)c(F)cc2C(=O)O)COC1. The molecule has 1 fully saturated rings. The number of rotatable bonds is 4. The third-order valence-corrected chi connectivity index (χ3v) is 3.11. The molecule has 1 saturated heterocycles. The van der Waals surface area contributed by atoms with Gasteiger partial charge < -0.3 is 15.2 Å². The van der Waals surface area contributed by atoms with Crippen molar-refractivity contribution in [1.29, 1.82) is 0 Å². The third-order valence-electron chi connectivity index (χ3n) is 3.11. The number of ether oxygens (including phenoxy) is 1. The van der Waals surface area contributed by atoms with Crippen molar-refractivity contribution >= 4 is 11.9 Å². The molecule has 1 aliphatic heterocycles. The van der Waals surface area contributed by atoms with Gasteiger partial charge in [0.15, 0.2) is 11.6 Å². The summed E-state index contributed by atoms with van der Waals surface area (Å²) in [6.45, 7) is 3.12. The first kappa shape index (κ1) is 14.4. The molecule has 20 heavy (non-hydrogen) atoms. The van der Waals surface area contributed by atoms with Crippen molar-refractivity contribution in [3.63, 3.8) is 0 Å². The van der Waals surface area contributed by atoms with E-state index in [4.69, 9.17) is 9.84 Å². The molecule has 0 saturated carbocycles. The van der Waals surface area contributed by atoms with E-state index in [0.29, 0.717) is 25.3 Å². The molecule has 1 aliphatic rings. The quantitative estimate of drug-likeness (QED) is 0.877. The Hall–Kier alpha value is -2.02. The van der Waals surface area contributed by atoms with Gasteiger partial charge in [-0.1, -0.05) is 6.92 Å². The van der Waals surface area contributed by atoms with Gasteiger partial charge in [-0.15, -0.1) is 0 Å². The fourth-order valence-electron chi connectivity index (χ4n) is 1.85. The van der Waals surface area contributed by atoms with E-state index in [-0.39, 0.29) is 12.0 Å². The Morgan fingerprint density at radius 2 is 1.85 bits per heavy atom. The molecule has 0 unspecified atom stereocenters. The fourth-order valence-corrected chi connectivity index (χ4v) is 1.85. The van der Waals surface area contributed by atoms with Crippen LogP contribution in [-0.2, 0) is 4.74 Å². The van der Waals surface area contributed by atoms with Gasteiger partial charge in [-0.3, -0.25) is 4.79 Å². The number of hydrogen-bond acceptors (Lipinski definition) is 3. The molecule has 108 valence electrons. The molecule has 0 spiro atoms. The Kier molecular flexibility index (Phi) is 3.71. The van der Waals surface area contributed by atoms with Gasteiger partial charge in [0.2, 0.25) is 0 Å². The average Bonchev–Trinajstić information content (AvgIpc) is 2.36. The van der Waals surface area contributed by atoms with Crippen molar-refractivity contribution in [2.45, 2.75) is 6.92 Å². The van der Waals surface area contributed by atoms with Gasteiger partial charge >= 0.3 is 5.97 Å². The standard InChI is InChI=1S/C13H13F2NO4/c1-13(5-20-6-13)4-16-11(17)7-2-9(14)10(15)3-8(7)12(18)19/h2-3H,4-6H2,1H3,(H,16,17)(H,18,19). The highest BCUT2D eigenvalue weighted by Gasteiger charge is 2.34. The Bertz CT molecular complexity index is 570. The monoisotopic (exact) mass is 285 g/mol. The maximum absolute atomic E-state index is 13.2. The summed E-state index contributed by atoms with van der Waals surface area (Å²) in [5, 5.41) is 11.4. The van der Waals surface area contributed by atoms with Crippen molar-refractivity contribution in [2.75, 3.05) is 19.8 Å². The summed E-state index contributed by atoms with van der Waals surface area (Å²) >= 11 is 0. The number of amides is 1. The van der Waals surface area contributed by atoms with E-state index >= 15 is 0 Å². The maximum atomic E-state index is 13.2. The Labute approximate surface area is 113 Å². The molecule has 0 atom stereocenters. The first-order valence-electron chi connectivity index (χ1n) is 5.91. The number of nitrogens with one attached hydrogen (secondary N) is 1. The zero-order valence-electron chi connectivity index (χ0n) is 10.7. The number of carboxylic acid groups (broad SMARTS) is 1. The zero-order valence-corrected chi connectivity index (χ0v) is 10.7. The second kappa shape index (κ2) is 5.16. The summed E-state index contributed by atoms with van der Waals surface area (Å²) in [5.41, 5.74) is -1.19. The van der Waals surface area contributed by atoms with Gasteiger partial charge in [-0.2, -0.15) is 0 Å². The van der Waals surface area contributed by atoms with Crippen LogP contribution in [0.25, 0.3) is 0 Å². The molecule has 1 amide bonds. The molecule has 2 N–H and O–H groups in total. The van der Waals surface area contributed by atoms with E-state index in [0.717, 1.165) is 0 Å². The second-order valence-corrected chi connectivity index (χ2v) is 5.10. The van der Waals surface area contributed by atoms with Gasteiger partial charge in [0.05, 0.1) is 24.3 Å². The molecule has 1 aromatic rings. The van der Waals surface area contributed by atoms with Crippen LogP contribution in [-0.4, -0.2) is 36.7 Å². The molecule has 0 radical (unpaired) electrons. The Morgan fingerprint density at radius 1 is 1.30 bits per heavy atom. The van der Waals surface area contributed by atoms with Crippen LogP contribution in [0, 0.1) is 17.0 Å². The summed E-state index contributed by atoms with van der Waals surface area (Å²) in [4.78, 5) is 22.9. The zero-order chi connectivity index (χ0) is 14.9. The summed E-state index contributed by atoms with van der Waals surface area (Å²) in [5.74, 6) is -4.82. The minimum atomic E-state index is -1.49. The average molecular weight is 285 g/mol. The van der Waals surface area contributed by atoms with E-state index < -0.39 is 34.6 Å². The van der Waals surface area contributed by atoms with Crippen LogP contribution in [0.5, 0.6) is 0 Å². The molecule has 1 heterocycles. The number of carbonyl (C=O) groups is 2. The number of hydrogen-bond donors (Lipinski definition) is 2. The normalized spacial score (nSPS) is 16.4. The molecule has 0 aliphatic carbocycles. The van der Waals surface area contributed by atoms with Crippen LogP contribution in [0.1, 0.15) is 27.6 Å². The molecular weight excluding hydrogens is 272 g/mol. The smallest absolute Gasteiger partial charge is 0.336 e. The van der Waals surface area contributed by atoms with Crippen molar-refractivity contribution in [2.24, 2.45) is 5.41 Å². The van der Waals surface area contributed by atoms with Crippen molar-refractivity contribution in [1.82, 2.24) is 5.32 Å². The van der Waals surface area contributed by atoms with E-state index in [1.54, 1.807) is 0 Å². The second-order valence-electron chi connectivity index (χ2n) is 5.10. The van der Waals surface area contributed by atoms with Gasteiger partial charge in [0.25, 0.3) is 5.91 Å². The van der Waals surface area contributed by atoms with E-state index in [1.807, 2.05) is 6.92 Å². The Morgan fingerprint density at radius 3 is 2.30 bits per heavy atom. The predicted octanol–water partition coefficient (Wildman–Crippen LogP) is 1.43. The van der Waals surface area contributed by atoms with E-state index in [9.17, 15) is 18.4 Å². The fraction of sp³-hybridized carbons (Fsp3) is 0.385. The molecule has 0 aromatic heterocycles. The lowest BCUT2D eigenvalue weighted by Crippen LogP contribution is -2.48. The summed E-state index contributed by atoms with van der Waals surface area (Å²) in [7, 11) is 0. The number of benzene rings is 1. The first-order chi connectivity index (χ1) is 9.32. The topological polar surface area (TPSA) is 75.6 Å². The highest BCUT2D eigenvalue weighted by atomic mass is 19.2. The van der Waals surface area contributed by atoms with Crippen LogP contribution in [0.15, 0.2) is 12.1 Å². The molecular formula is C13H13F2NO4. The largest absolute Gasteiger partial charge is 0.478 e. The highest BCUT2D eigenvalue weighted by molar-refractivity contribution is 6.04. The van der Waals surface area contributed by atoms with Crippen LogP contribution < -0.4 is 5.32 Å². The minimum Gasteiger partial charge on any atom is -0.478 e. The molecule has 2 rings (SSSR count). The van der Waals surface area contributed by atoms with Gasteiger partial charge in [-0.25, -0.2) is 13.6 Å². The summed E-state index contributed by atoms with van der Waals surface area (Å²) < 4.78 is 31.2. The van der Waals surface area contributed by atoms with Crippen molar-refractivity contribution < 1.29 is 28.2 Å². The summed E-state index contributed by atoms with van der Waals surface area (Å²) in [6.07, 6.45) is 0. The van der Waals surface area contributed by atoms with Crippen LogP contribution in [0.4, 0.5) is 8.78 Å². The lowest BCUT2D eigenvalue weighted by molar-refractivity contribution is -0.0978. The van der Waals surface area contributed by atoms with E-state index in [1.165, 1.54) is 0 Å². The van der Waals surface area contributed by atoms with Crippen LogP contribution in [0.3, 0.4) is 0 Å². The first-order valence-corrected chi connectivity index (χ1v) is 5.91. The van der Waals surface area contributed by atoms with Crippen molar-refractivity contribution in [3.05, 3.63) is 34.9 Å². The molecule has 7 heteroatoms. The number of carboxylic acids is 1. The maximum Gasteiger partial charge on any atom is 0.336 e. The van der Waals surface area contributed by atoms with Crippen molar-refractivity contribution in [3.8, 4) is 0 Å². The summed E-state index contributed by atoms with van der Waals surface area (Å²) in [6, 6.07) is 1.09.